The van der Waals surface area contributed by atoms with Gasteiger partial charge in [-0.05, 0) is 105 Å². The molecule has 8 atom stereocenters. The van der Waals surface area contributed by atoms with Crippen LogP contribution in [0.15, 0.2) is 12.2 Å². The van der Waals surface area contributed by atoms with E-state index in [0.29, 0.717) is 22.5 Å². The molecule has 0 radical (unpaired) electrons. The van der Waals surface area contributed by atoms with Crippen molar-refractivity contribution in [2.45, 2.75) is 77.2 Å². The van der Waals surface area contributed by atoms with Crippen molar-refractivity contribution in [3.05, 3.63) is 12.2 Å². The normalized spacial score (nSPS) is 56.2. The first-order valence-electron chi connectivity index (χ1n) is 10.4. The van der Waals surface area contributed by atoms with Crippen LogP contribution in [0.1, 0.15) is 71.1 Å². The third-order valence-electron chi connectivity index (χ3n) is 9.48. The van der Waals surface area contributed by atoms with Gasteiger partial charge in [-0.1, -0.05) is 13.0 Å². The standard InChI is InChI=1S/C22H32O2/c1-21-11-8-15(23)13-14(21)4-5-16-17(21)9-12-22-10-2-3-20(24)19(22)7-6-18(16)22/h2-3,14-19,23H,4-13H2,1H3/t14-,15-,16-,17+,18+,19-,21+,22+/m1/s1. The molecule has 0 amide bonds. The van der Waals surface area contributed by atoms with Crippen LogP contribution in [0.25, 0.3) is 0 Å². The van der Waals surface area contributed by atoms with Crippen molar-refractivity contribution >= 4 is 5.78 Å². The Morgan fingerprint density at radius 3 is 2.79 bits per heavy atom. The molecule has 0 saturated heterocycles. The lowest BCUT2D eigenvalue weighted by Crippen LogP contribution is -2.55. The van der Waals surface area contributed by atoms with E-state index in [1.807, 2.05) is 6.08 Å². The molecule has 0 aromatic carbocycles. The average molecular weight is 328 g/mol. The van der Waals surface area contributed by atoms with Gasteiger partial charge in [0.15, 0.2) is 5.78 Å². The Balaban J connectivity index is 1.47. The topological polar surface area (TPSA) is 37.3 Å². The Hall–Kier alpha value is -0.630. The molecule has 2 heteroatoms. The van der Waals surface area contributed by atoms with E-state index in [1.165, 1.54) is 38.5 Å². The highest BCUT2D eigenvalue weighted by Gasteiger charge is 2.62. The smallest absolute Gasteiger partial charge is 0.159 e. The van der Waals surface area contributed by atoms with Crippen molar-refractivity contribution in [1.29, 1.82) is 0 Å². The number of ketones is 1. The highest BCUT2D eigenvalue weighted by molar-refractivity contribution is 5.93. The fourth-order valence-electron chi connectivity index (χ4n) is 8.38. The zero-order valence-electron chi connectivity index (χ0n) is 15.0. The molecule has 24 heavy (non-hydrogen) atoms. The predicted octanol–water partition coefficient (Wildman–Crippen LogP) is 4.52. The maximum atomic E-state index is 12.5. The van der Waals surface area contributed by atoms with Gasteiger partial charge in [-0.25, -0.2) is 0 Å². The van der Waals surface area contributed by atoms with E-state index in [2.05, 4.69) is 13.0 Å². The molecule has 2 nitrogen and oxygen atoms in total. The van der Waals surface area contributed by atoms with Crippen LogP contribution in [0.4, 0.5) is 0 Å². The monoisotopic (exact) mass is 328 g/mol. The fourth-order valence-corrected chi connectivity index (χ4v) is 8.38. The molecule has 0 heterocycles. The number of fused-ring (bicyclic) bond motifs is 4. The molecule has 0 aromatic heterocycles. The van der Waals surface area contributed by atoms with Crippen LogP contribution in [0, 0.1) is 40.4 Å². The minimum absolute atomic E-state index is 0.0495. The highest BCUT2D eigenvalue weighted by Crippen LogP contribution is 2.69. The molecule has 1 spiro atoms. The Labute approximate surface area is 146 Å². The molecule has 4 fully saturated rings. The maximum Gasteiger partial charge on any atom is 0.159 e. The van der Waals surface area contributed by atoms with Crippen molar-refractivity contribution in [3.63, 3.8) is 0 Å². The summed E-state index contributed by atoms with van der Waals surface area (Å²) in [5.41, 5.74) is 0.779. The minimum Gasteiger partial charge on any atom is -0.393 e. The van der Waals surface area contributed by atoms with Gasteiger partial charge in [0.05, 0.1) is 6.10 Å². The molecule has 4 saturated carbocycles. The molecule has 132 valence electrons. The van der Waals surface area contributed by atoms with Crippen LogP contribution >= 0.6 is 0 Å². The van der Waals surface area contributed by atoms with Crippen LogP contribution in [0.3, 0.4) is 0 Å². The van der Waals surface area contributed by atoms with E-state index in [-0.39, 0.29) is 6.10 Å². The van der Waals surface area contributed by atoms with E-state index in [9.17, 15) is 9.90 Å². The first-order chi connectivity index (χ1) is 11.5. The largest absolute Gasteiger partial charge is 0.393 e. The van der Waals surface area contributed by atoms with Gasteiger partial charge in [0.25, 0.3) is 0 Å². The van der Waals surface area contributed by atoms with Gasteiger partial charge in [0.1, 0.15) is 0 Å². The third kappa shape index (κ3) is 1.90. The molecule has 0 unspecified atom stereocenters. The SMILES string of the molecule is C[C@]12CC[C@@H](O)C[C@H]1CC[C@@H]1[C@@H]2CC[C@]23CC=CC(=O)[C@H]2CC[C@@H]13. The summed E-state index contributed by atoms with van der Waals surface area (Å²) >= 11 is 0. The van der Waals surface area contributed by atoms with Crippen molar-refractivity contribution in [3.8, 4) is 0 Å². The zero-order valence-corrected chi connectivity index (χ0v) is 15.0. The first kappa shape index (κ1) is 15.6. The molecule has 5 aliphatic carbocycles. The summed E-state index contributed by atoms with van der Waals surface area (Å²) in [6.07, 6.45) is 16.2. The molecule has 5 aliphatic rings. The van der Waals surface area contributed by atoms with Crippen LogP contribution in [0.2, 0.25) is 0 Å². The lowest BCUT2D eigenvalue weighted by atomic mass is 9.43. The molecular weight excluding hydrogens is 296 g/mol. The lowest BCUT2D eigenvalue weighted by Gasteiger charge is -2.61. The van der Waals surface area contributed by atoms with Crippen molar-refractivity contribution in [2.24, 2.45) is 40.4 Å². The van der Waals surface area contributed by atoms with Gasteiger partial charge >= 0.3 is 0 Å². The number of carbonyl (C=O) groups is 1. The molecular formula is C22H32O2. The molecule has 1 N–H and O–H groups in total. The highest BCUT2D eigenvalue weighted by atomic mass is 16.3. The minimum atomic E-state index is -0.0495. The Morgan fingerprint density at radius 2 is 1.92 bits per heavy atom. The second-order valence-corrected chi connectivity index (χ2v) is 10.00. The van der Waals surface area contributed by atoms with E-state index < -0.39 is 0 Å². The van der Waals surface area contributed by atoms with Crippen LogP contribution in [-0.2, 0) is 4.79 Å². The maximum absolute atomic E-state index is 12.5. The Bertz CT molecular complexity index is 581. The van der Waals surface area contributed by atoms with Crippen LogP contribution in [-0.4, -0.2) is 17.0 Å². The van der Waals surface area contributed by atoms with E-state index in [1.54, 1.807) is 0 Å². The summed E-state index contributed by atoms with van der Waals surface area (Å²) < 4.78 is 0. The van der Waals surface area contributed by atoms with Crippen LogP contribution < -0.4 is 0 Å². The second kappa shape index (κ2) is 5.19. The lowest BCUT2D eigenvalue weighted by molar-refractivity contribution is -0.140. The summed E-state index contributed by atoms with van der Waals surface area (Å²) in [6.45, 7) is 2.55. The third-order valence-corrected chi connectivity index (χ3v) is 9.48. The molecule has 0 aromatic rings. The number of rotatable bonds is 0. The van der Waals surface area contributed by atoms with Gasteiger partial charge in [-0.3, -0.25) is 4.79 Å². The number of allylic oxidation sites excluding steroid dienone is 2. The Kier molecular flexibility index (Phi) is 3.38. The number of aliphatic hydroxyl groups excluding tert-OH is 1. The van der Waals surface area contributed by atoms with E-state index in [0.717, 1.165) is 49.4 Å². The summed E-state index contributed by atoms with van der Waals surface area (Å²) in [7, 11) is 0. The molecule has 0 aliphatic heterocycles. The Morgan fingerprint density at radius 1 is 1.04 bits per heavy atom. The zero-order chi connectivity index (χ0) is 16.5. The van der Waals surface area contributed by atoms with Crippen molar-refractivity contribution < 1.29 is 9.90 Å². The summed E-state index contributed by atoms with van der Waals surface area (Å²) in [5, 5.41) is 10.1. The fraction of sp³-hybridized carbons (Fsp3) is 0.864. The molecule has 5 rings (SSSR count). The van der Waals surface area contributed by atoms with Gasteiger partial charge in [-0.2, -0.15) is 0 Å². The van der Waals surface area contributed by atoms with Gasteiger partial charge in [0, 0.05) is 5.92 Å². The van der Waals surface area contributed by atoms with E-state index in [4.69, 9.17) is 0 Å². The summed E-state index contributed by atoms with van der Waals surface area (Å²) in [5.74, 6) is 4.00. The average Bonchev–Trinajstić information content (AvgIpc) is 2.96. The number of aliphatic hydroxyl groups is 1. The predicted molar refractivity (Wildman–Crippen MR) is 94.3 cm³/mol. The van der Waals surface area contributed by atoms with Gasteiger partial charge in [-0.15, -0.1) is 0 Å². The van der Waals surface area contributed by atoms with Gasteiger partial charge in [0.2, 0.25) is 0 Å². The quantitative estimate of drug-likeness (QED) is 0.710. The van der Waals surface area contributed by atoms with E-state index >= 15 is 0 Å². The van der Waals surface area contributed by atoms with Crippen molar-refractivity contribution in [2.75, 3.05) is 0 Å². The van der Waals surface area contributed by atoms with Gasteiger partial charge < -0.3 is 5.11 Å². The van der Waals surface area contributed by atoms with Crippen LogP contribution in [0.5, 0.6) is 0 Å². The number of carbonyl (C=O) groups excluding carboxylic acids is 1. The first-order valence-corrected chi connectivity index (χ1v) is 10.4. The molecule has 0 bridgehead atoms. The summed E-state index contributed by atoms with van der Waals surface area (Å²) in [6, 6.07) is 0. The number of hydrogen-bond acceptors (Lipinski definition) is 2. The second-order valence-electron chi connectivity index (χ2n) is 10.00. The number of hydrogen-bond donors (Lipinski definition) is 1. The summed E-state index contributed by atoms with van der Waals surface area (Å²) in [4.78, 5) is 12.5. The van der Waals surface area contributed by atoms with Crippen molar-refractivity contribution in [1.82, 2.24) is 0 Å².